The van der Waals surface area contributed by atoms with Gasteiger partial charge in [0, 0.05) is 12.1 Å². The summed E-state index contributed by atoms with van der Waals surface area (Å²) in [6, 6.07) is 15.4. The molecule has 0 saturated heterocycles. The van der Waals surface area contributed by atoms with Crippen LogP contribution < -0.4 is 4.74 Å². The molecule has 0 aliphatic carbocycles. The van der Waals surface area contributed by atoms with E-state index in [9.17, 15) is 4.79 Å². The number of carbonyl (C=O) groups excluding carboxylic acids is 1. The van der Waals surface area contributed by atoms with Crippen molar-refractivity contribution in [2.24, 2.45) is 0 Å². The Bertz CT molecular complexity index is 981. The highest BCUT2D eigenvalue weighted by Crippen LogP contribution is 2.30. The zero-order valence-corrected chi connectivity index (χ0v) is 15.7. The fourth-order valence-corrected chi connectivity index (χ4v) is 3.49. The first-order valence-electron chi connectivity index (χ1n) is 9.04. The van der Waals surface area contributed by atoms with E-state index in [1.165, 1.54) is 0 Å². The van der Waals surface area contributed by atoms with E-state index in [2.05, 4.69) is 5.10 Å². The Balaban J connectivity index is 1.66. The molecule has 138 valence electrons. The van der Waals surface area contributed by atoms with Crippen LogP contribution in [0.3, 0.4) is 0 Å². The number of nitrogens with zero attached hydrogens (tertiary/aromatic N) is 4. The number of hydrogen-bond donors (Lipinski definition) is 0. The third-order valence-electron chi connectivity index (χ3n) is 4.97. The van der Waals surface area contributed by atoms with E-state index < -0.39 is 0 Å². The molecule has 2 aromatic carbocycles. The van der Waals surface area contributed by atoms with Gasteiger partial charge >= 0.3 is 0 Å². The summed E-state index contributed by atoms with van der Waals surface area (Å²) in [6.07, 6.45) is 0. The molecule has 4 rings (SSSR count). The second kappa shape index (κ2) is 6.87. The maximum atomic E-state index is 13.2. The van der Waals surface area contributed by atoms with Crippen LogP contribution in [-0.4, -0.2) is 39.2 Å². The summed E-state index contributed by atoms with van der Waals surface area (Å²) in [6.45, 7) is 5.17. The zero-order valence-electron chi connectivity index (χ0n) is 15.7. The number of fused-ring (bicyclic) bond motifs is 1. The number of aromatic nitrogens is 3. The Hall–Kier alpha value is -3.15. The van der Waals surface area contributed by atoms with E-state index in [4.69, 9.17) is 9.72 Å². The van der Waals surface area contributed by atoms with Crippen molar-refractivity contribution in [3.63, 3.8) is 0 Å². The molecule has 2 heterocycles. The summed E-state index contributed by atoms with van der Waals surface area (Å²) in [5.41, 5.74) is 2.59. The lowest BCUT2D eigenvalue weighted by molar-refractivity contribution is 0.0627. The number of benzene rings is 2. The lowest BCUT2D eigenvalue weighted by Crippen LogP contribution is -2.41. The third kappa shape index (κ3) is 3.07. The molecule has 1 aliphatic rings. The third-order valence-corrected chi connectivity index (χ3v) is 4.97. The van der Waals surface area contributed by atoms with Gasteiger partial charge in [0.1, 0.15) is 11.6 Å². The van der Waals surface area contributed by atoms with Crippen molar-refractivity contribution in [2.75, 3.05) is 13.7 Å². The molecule has 0 fully saturated rings. The minimum absolute atomic E-state index is 0.0430. The minimum Gasteiger partial charge on any atom is -0.496 e. The number of ether oxygens (including phenoxy) is 1. The molecule has 0 saturated carbocycles. The summed E-state index contributed by atoms with van der Waals surface area (Å²) < 4.78 is 7.31. The standard InChI is InChI=1S/C21H22N4O2/c1-14-9-10-18(27-3)17(13-14)21(26)24-11-12-25-20(15(24)2)22-19(23-25)16-7-5-4-6-8-16/h4-10,13,15H,11-12H2,1-3H3/t15-/m0/s1. The van der Waals surface area contributed by atoms with E-state index in [1.807, 2.05) is 72.0 Å². The van der Waals surface area contributed by atoms with Crippen LogP contribution in [0.2, 0.25) is 0 Å². The van der Waals surface area contributed by atoms with Crippen LogP contribution in [0, 0.1) is 6.92 Å². The zero-order chi connectivity index (χ0) is 19.0. The summed E-state index contributed by atoms with van der Waals surface area (Å²) in [4.78, 5) is 19.8. The molecule has 1 amide bonds. The van der Waals surface area contributed by atoms with Crippen molar-refractivity contribution in [1.82, 2.24) is 19.7 Å². The summed E-state index contributed by atoms with van der Waals surface area (Å²) in [7, 11) is 1.59. The topological polar surface area (TPSA) is 60.2 Å². The van der Waals surface area contributed by atoms with E-state index in [0.29, 0.717) is 30.2 Å². The van der Waals surface area contributed by atoms with Crippen LogP contribution in [0.15, 0.2) is 48.5 Å². The molecule has 1 aromatic heterocycles. The number of carbonyl (C=O) groups is 1. The largest absolute Gasteiger partial charge is 0.496 e. The monoisotopic (exact) mass is 362 g/mol. The summed E-state index contributed by atoms with van der Waals surface area (Å²) in [5, 5.41) is 4.63. The number of methoxy groups -OCH3 is 1. The van der Waals surface area contributed by atoms with Crippen LogP contribution in [-0.2, 0) is 6.54 Å². The van der Waals surface area contributed by atoms with E-state index >= 15 is 0 Å². The molecule has 27 heavy (non-hydrogen) atoms. The van der Waals surface area contributed by atoms with Gasteiger partial charge in [-0.15, -0.1) is 0 Å². The summed E-state index contributed by atoms with van der Waals surface area (Å²) >= 11 is 0. The molecule has 1 aliphatic heterocycles. The van der Waals surface area contributed by atoms with Gasteiger partial charge < -0.3 is 9.64 Å². The van der Waals surface area contributed by atoms with E-state index in [0.717, 1.165) is 17.0 Å². The van der Waals surface area contributed by atoms with E-state index in [-0.39, 0.29) is 11.9 Å². The Kier molecular flexibility index (Phi) is 4.39. The second-order valence-corrected chi connectivity index (χ2v) is 6.76. The average molecular weight is 362 g/mol. The van der Waals surface area contributed by atoms with Gasteiger partial charge in [-0.25, -0.2) is 9.67 Å². The molecular formula is C21H22N4O2. The molecule has 6 nitrogen and oxygen atoms in total. The van der Waals surface area contributed by atoms with Crippen molar-refractivity contribution in [3.05, 3.63) is 65.5 Å². The molecule has 0 unspecified atom stereocenters. The van der Waals surface area contributed by atoms with Crippen LogP contribution in [0.5, 0.6) is 5.75 Å². The van der Waals surface area contributed by atoms with Gasteiger partial charge in [-0.1, -0.05) is 42.0 Å². The highest BCUT2D eigenvalue weighted by molar-refractivity contribution is 5.97. The predicted octanol–water partition coefficient (Wildman–Crippen LogP) is 3.48. The fourth-order valence-electron chi connectivity index (χ4n) is 3.49. The highest BCUT2D eigenvalue weighted by atomic mass is 16.5. The maximum absolute atomic E-state index is 13.2. The average Bonchev–Trinajstić information content (AvgIpc) is 3.14. The van der Waals surface area contributed by atoms with Gasteiger partial charge in [0.05, 0.1) is 25.3 Å². The van der Waals surface area contributed by atoms with Gasteiger partial charge in [-0.3, -0.25) is 4.79 Å². The number of amides is 1. The Morgan fingerprint density at radius 2 is 1.93 bits per heavy atom. The van der Waals surface area contributed by atoms with E-state index in [1.54, 1.807) is 7.11 Å². The number of rotatable bonds is 3. The van der Waals surface area contributed by atoms with Crippen LogP contribution in [0.1, 0.15) is 34.7 Å². The quantitative estimate of drug-likeness (QED) is 0.716. The number of aryl methyl sites for hydroxylation is 1. The first kappa shape index (κ1) is 17.3. The van der Waals surface area contributed by atoms with Gasteiger partial charge in [-0.2, -0.15) is 5.10 Å². The van der Waals surface area contributed by atoms with Crippen molar-refractivity contribution in [1.29, 1.82) is 0 Å². The molecule has 0 radical (unpaired) electrons. The fraction of sp³-hybridized carbons (Fsp3) is 0.286. The first-order valence-corrected chi connectivity index (χ1v) is 9.04. The maximum Gasteiger partial charge on any atom is 0.258 e. The van der Waals surface area contributed by atoms with Crippen molar-refractivity contribution < 1.29 is 9.53 Å². The molecule has 0 N–H and O–H groups in total. The molecule has 0 spiro atoms. The SMILES string of the molecule is COc1ccc(C)cc1C(=O)N1CCn2nc(-c3ccccc3)nc2[C@@H]1C. The summed E-state index contributed by atoms with van der Waals surface area (Å²) in [5.74, 6) is 2.05. The normalized spacial score (nSPS) is 16.1. The minimum atomic E-state index is -0.165. The number of hydrogen-bond acceptors (Lipinski definition) is 4. The molecule has 1 atom stereocenters. The van der Waals surface area contributed by atoms with Crippen LogP contribution in [0.4, 0.5) is 0 Å². The predicted molar refractivity (Wildman–Crippen MR) is 103 cm³/mol. The van der Waals surface area contributed by atoms with Gasteiger partial charge in [0.25, 0.3) is 5.91 Å². The Morgan fingerprint density at radius 3 is 2.67 bits per heavy atom. The molecule has 6 heteroatoms. The molecule has 0 bridgehead atoms. The van der Waals surface area contributed by atoms with Crippen LogP contribution in [0.25, 0.3) is 11.4 Å². The van der Waals surface area contributed by atoms with Gasteiger partial charge in [0.15, 0.2) is 5.82 Å². The smallest absolute Gasteiger partial charge is 0.258 e. The van der Waals surface area contributed by atoms with Gasteiger partial charge in [-0.05, 0) is 26.0 Å². The first-order chi connectivity index (χ1) is 13.1. The van der Waals surface area contributed by atoms with Gasteiger partial charge in [0.2, 0.25) is 0 Å². The molecular weight excluding hydrogens is 340 g/mol. The lowest BCUT2D eigenvalue weighted by Gasteiger charge is -2.33. The van der Waals surface area contributed by atoms with Crippen molar-refractivity contribution >= 4 is 5.91 Å². The Morgan fingerprint density at radius 1 is 1.15 bits per heavy atom. The van der Waals surface area contributed by atoms with Crippen molar-refractivity contribution in [3.8, 4) is 17.1 Å². The highest BCUT2D eigenvalue weighted by Gasteiger charge is 2.32. The second-order valence-electron chi connectivity index (χ2n) is 6.76. The lowest BCUT2D eigenvalue weighted by atomic mass is 10.1. The van der Waals surface area contributed by atoms with Crippen LogP contribution >= 0.6 is 0 Å². The Labute approximate surface area is 158 Å². The van der Waals surface area contributed by atoms with Crippen molar-refractivity contribution in [2.45, 2.75) is 26.4 Å². The molecule has 3 aromatic rings.